The maximum absolute atomic E-state index is 13.3. The molecule has 3 aromatic rings. The number of aromatic nitrogens is 3. The molecule has 29 heavy (non-hydrogen) atoms. The Morgan fingerprint density at radius 3 is 2.41 bits per heavy atom. The number of aliphatic hydroxyl groups is 1. The van der Waals surface area contributed by atoms with Crippen molar-refractivity contribution >= 4 is 11.8 Å². The zero-order valence-electron chi connectivity index (χ0n) is 16.6. The largest absolute Gasteiger partial charge is 0.462 e. The van der Waals surface area contributed by atoms with E-state index in [-0.39, 0.29) is 5.82 Å². The highest BCUT2D eigenvalue weighted by molar-refractivity contribution is 7.99. The first-order chi connectivity index (χ1) is 14.0. The van der Waals surface area contributed by atoms with Crippen LogP contribution in [0.3, 0.4) is 0 Å². The maximum Gasteiger partial charge on any atom is 0.168 e. The van der Waals surface area contributed by atoms with Crippen LogP contribution in [-0.4, -0.2) is 25.4 Å². The van der Waals surface area contributed by atoms with Crippen LogP contribution in [0.1, 0.15) is 19.8 Å². The predicted octanol–water partition coefficient (Wildman–Crippen LogP) is 5.69. The Morgan fingerprint density at radius 1 is 1.21 bits per heavy atom. The Morgan fingerprint density at radius 2 is 1.83 bits per heavy atom. The van der Waals surface area contributed by atoms with Crippen LogP contribution >= 0.6 is 11.8 Å². The van der Waals surface area contributed by atoms with Gasteiger partial charge in [0.1, 0.15) is 11.9 Å². The fourth-order valence-corrected chi connectivity index (χ4v) is 3.71. The summed E-state index contributed by atoms with van der Waals surface area (Å²) in [5.41, 5.74) is 5.03. The molecule has 0 saturated carbocycles. The third kappa shape index (κ3) is 6.23. The first-order valence-corrected chi connectivity index (χ1v) is 10.1. The summed E-state index contributed by atoms with van der Waals surface area (Å²) in [6, 6.07) is 10.4. The molecule has 3 rings (SSSR count). The van der Waals surface area contributed by atoms with E-state index in [0.29, 0.717) is 0 Å². The van der Waals surface area contributed by atoms with E-state index in [2.05, 4.69) is 29.5 Å². The standard InChI is InChI=1S/C21H22FN3S.C2H2O/c1-15(2)5-4-14-26-21-24-19(16-6-8-18(22)9-7-16)20(25(21)3)17-10-12-23-13-11-17;1-2-3/h6-13H,1,4-5,14H2,2-3H3;1,3H. The number of allylic oxidation sites excluding steroid dienone is 1. The van der Waals surface area contributed by atoms with Crippen LogP contribution in [0.4, 0.5) is 4.39 Å². The molecule has 0 aliphatic rings. The number of hydrogen-bond acceptors (Lipinski definition) is 4. The summed E-state index contributed by atoms with van der Waals surface area (Å²) in [6.45, 7) is 6.01. The van der Waals surface area contributed by atoms with Crippen molar-refractivity contribution in [1.29, 1.82) is 0 Å². The van der Waals surface area contributed by atoms with Gasteiger partial charge in [0, 0.05) is 36.3 Å². The van der Waals surface area contributed by atoms with E-state index in [1.165, 1.54) is 23.8 Å². The Bertz CT molecular complexity index is 976. The summed E-state index contributed by atoms with van der Waals surface area (Å²) in [6.07, 6.45) is 11.1. The molecule has 0 unspecified atom stereocenters. The van der Waals surface area contributed by atoms with Gasteiger partial charge in [0.05, 0.1) is 11.4 Å². The number of rotatable bonds is 7. The number of aliphatic hydroxyl groups excluding tert-OH is 1. The van der Waals surface area contributed by atoms with Gasteiger partial charge in [0.25, 0.3) is 0 Å². The van der Waals surface area contributed by atoms with Crippen molar-refractivity contribution in [3.8, 4) is 35.0 Å². The number of imidazole rings is 1. The summed E-state index contributed by atoms with van der Waals surface area (Å²) in [5, 5.41) is 8.05. The van der Waals surface area contributed by atoms with Gasteiger partial charge in [-0.2, -0.15) is 0 Å². The number of hydrogen-bond donors (Lipinski definition) is 1. The molecular formula is C23H24FN3OS. The summed E-state index contributed by atoms with van der Waals surface area (Å²) < 4.78 is 15.4. The van der Waals surface area contributed by atoms with Gasteiger partial charge in [-0.3, -0.25) is 4.98 Å². The molecule has 0 bridgehead atoms. The summed E-state index contributed by atoms with van der Waals surface area (Å²) in [5.74, 6) is 0.737. The van der Waals surface area contributed by atoms with Gasteiger partial charge in [-0.1, -0.05) is 23.8 Å². The molecule has 0 saturated heterocycles. The molecule has 0 fully saturated rings. The van der Waals surface area contributed by atoms with Gasteiger partial charge in [0.2, 0.25) is 0 Å². The second-order valence-electron chi connectivity index (χ2n) is 6.43. The van der Waals surface area contributed by atoms with Crippen LogP contribution in [0.15, 0.2) is 66.1 Å². The number of thioether (sulfide) groups is 1. The van der Waals surface area contributed by atoms with Crippen LogP contribution in [-0.2, 0) is 7.05 Å². The highest BCUT2D eigenvalue weighted by Gasteiger charge is 2.18. The van der Waals surface area contributed by atoms with Crippen molar-refractivity contribution in [3.05, 3.63) is 66.8 Å². The van der Waals surface area contributed by atoms with Gasteiger partial charge in [-0.25, -0.2) is 9.37 Å². The van der Waals surface area contributed by atoms with Crippen molar-refractivity contribution in [3.63, 3.8) is 0 Å². The Balaban J connectivity index is 0.000000941. The number of benzene rings is 1. The Labute approximate surface area is 175 Å². The quantitative estimate of drug-likeness (QED) is 0.236. The summed E-state index contributed by atoms with van der Waals surface area (Å²) >= 11 is 1.74. The second-order valence-corrected chi connectivity index (χ2v) is 7.49. The molecule has 2 heterocycles. The minimum atomic E-state index is -0.246. The highest BCUT2D eigenvalue weighted by atomic mass is 32.2. The lowest BCUT2D eigenvalue weighted by Gasteiger charge is -2.07. The fourth-order valence-electron chi connectivity index (χ4n) is 2.79. The molecule has 2 aromatic heterocycles. The van der Waals surface area contributed by atoms with Crippen molar-refractivity contribution in [2.45, 2.75) is 24.9 Å². The maximum atomic E-state index is 13.3. The number of halogens is 1. The summed E-state index contributed by atoms with van der Waals surface area (Å²) in [4.78, 5) is 8.97. The molecule has 1 N–H and O–H groups in total. The molecule has 0 aliphatic heterocycles. The summed E-state index contributed by atoms with van der Waals surface area (Å²) in [7, 11) is 2.02. The van der Waals surface area contributed by atoms with Gasteiger partial charge in [-0.05, 0) is 56.2 Å². The smallest absolute Gasteiger partial charge is 0.168 e. The number of nitrogens with zero attached hydrogens (tertiary/aromatic N) is 3. The SMILES string of the molecule is C#CO.C=C(C)CCCSc1nc(-c2ccc(F)cc2)c(-c2ccncc2)n1C. The predicted molar refractivity (Wildman–Crippen MR) is 117 cm³/mol. The van der Waals surface area contributed by atoms with E-state index in [1.807, 2.05) is 19.2 Å². The minimum absolute atomic E-state index is 0.246. The van der Waals surface area contributed by atoms with Crippen LogP contribution in [0.25, 0.3) is 22.5 Å². The van der Waals surface area contributed by atoms with Gasteiger partial charge >= 0.3 is 0 Å². The molecule has 0 aliphatic carbocycles. The van der Waals surface area contributed by atoms with Crippen LogP contribution < -0.4 is 0 Å². The average Bonchev–Trinajstić information content (AvgIpc) is 3.03. The topological polar surface area (TPSA) is 50.9 Å². The van der Waals surface area contributed by atoms with E-state index in [1.54, 1.807) is 36.3 Å². The fraction of sp³-hybridized carbons (Fsp3) is 0.217. The average molecular weight is 410 g/mol. The van der Waals surface area contributed by atoms with Crippen molar-refractivity contribution in [2.24, 2.45) is 7.05 Å². The molecule has 4 nitrogen and oxygen atoms in total. The minimum Gasteiger partial charge on any atom is -0.462 e. The molecule has 1 aromatic carbocycles. The second kappa shape index (κ2) is 11.1. The van der Waals surface area contributed by atoms with Gasteiger partial charge < -0.3 is 9.67 Å². The van der Waals surface area contributed by atoms with Crippen molar-refractivity contribution < 1.29 is 9.50 Å². The molecule has 0 atom stereocenters. The lowest BCUT2D eigenvalue weighted by molar-refractivity contribution is 0.518. The van der Waals surface area contributed by atoms with Gasteiger partial charge in [-0.15, -0.1) is 6.58 Å². The first kappa shape index (κ1) is 22.3. The molecular weight excluding hydrogens is 385 g/mol. The Kier molecular flexibility index (Phi) is 8.50. The zero-order valence-corrected chi connectivity index (χ0v) is 17.4. The van der Waals surface area contributed by atoms with Crippen molar-refractivity contribution in [2.75, 3.05) is 5.75 Å². The molecule has 0 amide bonds. The third-order valence-corrected chi connectivity index (χ3v) is 5.22. The number of pyridine rings is 1. The van der Waals surface area contributed by atoms with E-state index in [0.717, 1.165) is 46.3 Å². The Hall–Kier alpha value is -3.04. The lowest BCUT2D eigenvalue weighted by Crippen LogP contribution is -1.95. The van der Waals surface area contributed by atoms with E-state index >= 15 is 0 Å². The monoisotopic (exact) mass is 409 g/mol. The van der Waals surface area contributed by atoms with Crippen LogP contribution in [0.5, 0.6) is 0 Å². The van der Waals surface area contributed by atoms with E-state index < -0.39 is 0 Å². The van der Waals surface area contributed by atoms with E-state index in [4.69, 9.17) is 10.1 Å². The molecule has 6 heteroatoms. The van der Waals surface area contributed by atoms with Gasteiger partial charge in [0.15, 0.2) is 5.16 Å². The zero-order chi connectivity index (χ0) is 21.2. The lowest BCUT2D eigenvalue weighted by atomic mass is 10.1. The molecule has 150 valence electrons. The van der Waals surface area contributed by atoms with Crippen molar-refractivity contribution in [1.82, 2.24) is 14.5 Å². The normalized spacial score (nSPS) is 10.0. The molecule has 0 spiro atoms. The molecule has 0 radical (unpaired) electrons. The number of terminal acetylenes is 1. The first-order valence-electron chi connectivity index (χ1n) is 9.07. The van der Waals surface area contributed by atoms with Crippen LogP contribution in [0, 0.1) is 18.3 Å². The third-order valence-electron chi connectivity index (χ3n) is 4.10. The van der Waals surface area contributed by atoms with Crippen LogP contribution in [0.2, 0.25) is 0 Å². The van der Waals surface area contributed by atoms with E-state index in [9.17, 15) is 4.39 Å². The highest BCUT2D eigenvalue weighted by Crippen LogP contribution is 2.35.